The Morgan fingerprint density at radius 2 is 1.33 bits per heavy atom. The van der Waals surface area contributed by atoms with Crippen LogP contribution in [0.3, 0.4) is 0 Å². The van der Waals surface area contributed by atoms with Gasteiger partial charge in [-0.05, 0) is 28.2 Å². The van der Waals surface area contributed by atoms with E-state index in [-0.39, 0.29) is 5.41 Å². The van der Waals surface area contributed by atoms with Crippen molar-refractivity contribution in [1.82, 2.24) is 0 Å². The van der Waals surface area contributed by atoms with Gasteiger partial charge in [0.15, 0.2) is 0 Å². The Bertz CT molecular complexity index is 822. The highest BCUT2D eigenvalue weighted by Gasteiger charge is 2.12. The van der Waals surface area contributed by atoms with Crippen LogP contribution in [0.15, 0.2) is 83.9 Å². The molecule has 3 rings (SSSR count). The Hall–Kier alpha value is -2.67. The van der Waals surface area contributed by atoms with Gasteiger partial charge < -0.3 is 0 Å². The average molecular weight is 313 g/mol. The molecule has 0 aliphatic heterocycles. The first-order chi connectivity index (χ1) is 11.5. The van der Waals surface area contributed by atoms with Crippen molar-refractivity contribution >= 4 is 11.9 Å². The van der Waals surface area contributed by atoms with Crippen LogP contribution in [0.2, 0.25) is 0 Å². The van der Waals surface area contributed by atoms with Crippen LogP contribution in [0.5, 0.6) is 0 Å². The van der Waals surface area contributed by atoms with E-state index in [1.54, 1.807) is 0 Å². The smallest absolute Gasteiger partial charge is 0.0708 e. The third-order valence-electron chi connectivity index (χ3n) is 4.12. The van der Waals surface area contributed by atoms with Gasteiger partial charge in [0, 0.05) is 11.8 Å². The largest absolute Gasteiger partial charge is 0.256 e. The van der Waals surface area contributed by atoms with Gasteiger partial charge in [0.25, 0.3) is 0 Å². The molecule has 0 fully saturated rings. The Morgan fingerprint density at radius 3 is 2.00 bits per heavy atom. The predicted octanol–water partition coefficient (Wildman–Crippen LogP) is 6.40. The van der Waals surface area contributed by atoms with Gasteiger partial charge in [0.05, 0.1) is 5.69 Å². The fourth-order valence-electron chi connectivity index (χ4n) is 2.66. The maximum absolute atomic E-state index is 4.72. The monoisotopic (exact) mass is 313 g/mol. The minimum Gasteiger partial charge on any atom is -0.256 e. The van der Waals surface area contributed by atoms with Crippen LogP contribution in [0.1, 0.15) is 31.9 Å². The highest BCUT2D eigenvalue weighted by molar-refractivity contribution is 5.85. The van der Waals surface area contributed by atoms with Crippen LogP contribution in [0, 0.1) is 0 Å². The van der Waals surface area contributed by atoms with E-state index in [9.17, 15) is 0 Å². The lowest BCUT2D eigenvalue weighted by atomic mass is 9.87. The van der Waals surface area contributed by atoms with E-state index in [1.165, 1.54) is 11.1 Å². The molecule has 0 spiro atoms. The normalized spacial score (nSPS) is 11.8. The Morgan fingerprint density at radius 1 is 0.708 bits per heavy atom. The summed E-state index contributed by atoms with van der Waals surface area (Å²) in [6.45, 7) is 6.69. The van der Waals surface area contributed by atoms with Gasteiger partial charge in [-0.25, -0.2) is 0 Å². The summed E-state index contributed by atoms with van der Waals surface area (Å²) in [5, 5.41) is 0. The number of hydrogen-bond acceptors (Lipinski definition) is 1. The maximum atomic E-state index is 4.72. The Labute approximate surface area is 144 Å². The summed E-state index contributed by atoms with van der Waals surface area (Å²) in [5.41, 5.74) is 5.96. The van der Waals surface area contributed by atoms with Gasteiger partial charge in [0.1, 0.15) is 0 Å². The van der Waals surface area contributed by atoms with Gasteiger partial charge in [0.2, 0.25) is 0 Å². The SMILES string of the molecule is CC(C)(C)c1ccc(C=Nc2ccccc2-c2ccccc2)cc1. The fourth-order valence-corrected chi connectivity index (χ4v) is 2.66. The van der Waals surface area contributed by atoms with E-state index < -0.39 is 0 Å². The number of para-hydroxylation sites is 1. The summed E-state index contributed by atoms with van der Waals surface area (Å²) in [7, 11) is 0. The van der Waals surface area contributed by atoms with E-state index >= 15 is 0 Å². The minimum atomic E-state index is 0.176. The minimum absolute atomic E-state index is 0.176. The lowest BCUT2D eigenvalue weighted by Gasteiger charge is -2.18. The molecule has 1 nitrogen and oxygen atoms in total. The van der Waals surface area contributed by atoms with E-state index in [4.69, 9.17) is 4.99 Å². The second-order valence-corrected chi connectivity index (χ2v) is 7.01. The van der Waals surface area contributed by atoms with E-state index in [0.29, 0.717) is 0 Å². The Kier molecular flexibility index (Phi) is 4.61. The molecule has 24 heavy (non-hydrogen) atoms. The van der Waals surface area contributed by atoms with Crippen LogP contribution in [-0.4, -0.2) is 6.21 Å². The van der Waals surface area contributed by atoms with Crippen LogP contribution in [0.4, 0.5) is 5.69 Å². The van der Waals surface area contributed by atoms with Crippen molar-refractivity contribution < 1.29 is 0 Å². The molecule has 0 aliphatic rings. The van der Waals surface area contributed by atoms with Gasteiger partial charge in [-0.15, -0.1) is 0 Å². The number of rotatable bonds is 3. The first-order valence-corrected chi connectivity index (χ1v) is 8.33. The average Bonchev–Trinajstić information content (AvgIpc) is 2.60. The van der Waals surface area contributed by atoms with Crippen LogP contribution in [0.25, 0.3) is 11.1 Å². The summed E-state index contributed by atoms with van der Waals surface area (Å²) in [6, 6.07) is 27.3. The van der Waals surface area contributed by atoms with E-state index in [0.717, 1.165) is 16.8 Å². The van der Waals surface area contributed by atoms with Crippen molar-refractivity contribution in [3.63, 3.8) is 0 Å². The highest BCUT2D eigenvalue weighted by atomic mass is 14.7. The first kappa shape index (κ1) is 16.2. The molecule has 0 N–H and O–H groups in total. The van der Waals surface area contributed by atoms with Crippen LogP contribution >= 0.6 is 0 Å². The van der Waals surface area contributed by atoms with Crippen molar-refractivity contribution in [2.45, 2.75) is 26.2 Å². The van der Waals surface area contributed by atoms with Crippen molar-refractivity contribution in [3.8, 4) is 11.1 Å². The zero-order chi connectivity index (χ0) is 17.0. The molecule has 0 atom stereocenters. The van der Waals surface area contributed by atoms with E-state index in [2.05, 4.69) is 87.5 Å². The molecule has 120 valence electrons. The lowest BCUT2D eigenvalue weighted by Crippen LogP contribution is -2.10. The predicted molar refractivity (Wildman–Crippen MR) is 104 cm³/mol. The first-order valence-electron chi connectivity index (χ1n) is 8.33. The highest BCUT2D eigenvalue weighted by Crippen LogP contribution is 2.29. The number of aliphatic imine (C=N–C) groups is 1. The zero-order valence-electron chi connectivity index (χ0n) is 14.5. The molecule has 0 amide bonds. The maximum Gasteiger partial charge on any atom is 0.0708 e. The third-order valence-corrected chi connectivity index (χ3v) is 4.12. The third kappa shape index (κ3) is 3.80. The summed E-state index contributed by atoms with van der Waals surface area (Å²) < 4.78 is 0. The standard InChI is InChI=1S/C23H23N/c1-23(2,3)20-15-13-18(14-16-20)17-24-22-12-8-7-11-21(22)19-9-5-4-6-10-19/h4-17H,1-3H3. The van der Waals surface area contributed by atoms with Crippen LogP contribution in [-0.2, 0) is 5.41 Å². The molecule has 3 aromatic rings. The molecule has 0 bridgehead atoms. The lowest BCUT2D eigenvalue weighted by molar-refractivity contribution is 0.590. The van der Waals surface area contributed by atoms with E-state index in [1.807, 2.05) is 18.3 Å². The molecule has 3 aromatic carbocycles. The fraction of sp³-hybridized carbons (Fsp3) is 0.174. The van der Waals surface area contributed by atoms with Gasteiger partial charge >= 0.3 is 0 Å². The van der Waals surface area contributed by atoms with Crippen molar-refractivity contribution in [1.29, 1.82) is 0 Å². The summed E-state index contributed by atoms with van der Waals surface area (Å²) >= 11 is 0. The molecular formula is C23H23N. The summed E-state index contributed by atoms with van der Waals surface area (Å²) in [4.78, 5) is 4.72. The molecule has 0 unspecified atom stereocenters. The second kappa shape index (κ2) is 6.84. The van der Waals surface area contributed by atoms with Crippen molar-refractivity contribution in [3.05, 3.63) is 90.0 Å². The number of benzene rings is 3. The molecule has 0 saturated heterocycles. The Balaban J connectivity index is 1.88. The molecular weight excluding hydrogens is 290 g/mol. The summed E-state index contributed by atoms with van der Waals surface area (Å²) in [6.07, 6.45) is 1.94. The second-order valence-electron chi connectivity index (χ2n) is 7.01. The molecule has 0 heterocycles. The topological polar surface area (TPSA) is 12.4 Å². The van der Waals surface area contributed by atoms with Crippen molar-refractivity contribution in [2.75, 3.05) is 0 Å². The van der Waals surface area contributed by atoms with Crippen LogP contribution < -0.4 is 0 Å². The molecule has 0 radical (unpaired) electrons. The summed E-state index contributed by atoms with van der Waals surface area (Å²) in [5.74, 6) is 0. The zero-order valence-corrected chi connectivity index (χ0v) is 14.5. The van der Waals surface area contributed by atoms with Gasteiger partial charge in [-0.1, -0.05) is 93.6 Å². The van der Waals surface area contributed by atoms with Gasteiger partial charge in [-0.3, -0.25) is 4.99 Å². The number of hydrogen-bond donors (Lipinski definition) is 0. The molecule has 0 saturated carbocycles. The number of nitrogens with zero attached hydrogens (tertiary/aromatic N) is 1. The quantitative estimate of drug-likeness (QED) is 0.496. The molecule has 0 aliphatic carbocycles. The molecule has 1 heteroatoms. The van der Waals surface area contributed by atoms with Gasteiger partial charge in [-0.2, -0.15) is 0 Å². The molecule has 0 aromatic heterocycles. The van der Waals surface area contributed by atoms with Crippen molar-refractivity contribution in [2.24, 2.45) is 4.99 Å².